The Morgan fingerprint density at radius 1 is 1.17 bits per heavy atom. The Balaban J connectivity index is 1.60. The number of fused-ring (bicyclic) bond motifs is 1. The van der Waals surface area contributed by atoms with Crippen LogP contribution >= 0.6 is 0 Å². The van der Waals surface area contributed by atoms with Crippen LogP contribution in [-0.4, -0.2) is 27.7 Å². The number of nitrogens with zero attached hydrogens (tertiary/aromatic N) is 3. The SMILES string of the molecule is Cc1cc2c(nc(C)n2CCOCC#Cc2ccccc2)c(N)n1. The fourth-order valence-corrected chi connectivity index (χ4v) is 2.61. The average Bonchev–Trinajstić information content (AvgIpc) is 2.88. The molecule has 0 fully saturated rings. The predicted molar refractivity (Wildman–Crippen MR) is 95.6 cm³/mol. The van der Waals surface area contributed by atoms with Gasteiger partial charge < -0.3 is 15.0 Å². The molecule has 0 aliphatic carbocycles. The Bertz CT molecular complexity index is 904. The van der Waals surface area contributed by atoms with Crippen molar-refractivity contribution in [3.05, 3.63) is 53.5 Å². The number of nitrogen functional groups attached to an aromatic ring is 1. The molecule has 0 saturated carbocycles. The summed E-state index contributed by atoms with van der Waals surface area (Å²) in [5.74, 6) is 7.48. The van der Waals surface area contributed by atoms with Gasteiger partial charge in [-0.25, -0.2) is 9.97 Å². The summed E-state index contributed by atoms with van der Waals surface area (Å²) < 4.78 is 7.73. The van der Waals surface area contributed by atoms with E-state index in [4.69, 9.17) is 10.5 Å². The van der Waals surface area contributed by atoms with Crippen molar-refractivity contribution in [2.45, 2.75) is 20.4 Å². The maximum Gasteiger partial charge on any atom is 0.151 e. The molecule has 0 aliphatic heterocycles. The van der Waals surface area contributed by atoms with Gasteiger partial charge in [0.05, 0.1) is 12.1 Å². The summed E-state index contributed by atoms with van der Waals surface area (Å²) in [6.07, 6.45) is 0. The van der Waals surface area contributed by atoms with Gasteiger partial charge in [-0.3, -0.25) is 0 Å². The van der Waals surface area contributed by atoms with Crippen molar-refractivity contribution in [3.8, 4) is 11.8 Å². The van der Waals surface area contributed by atoms with Gasteiger partial charge in [0.25, 0.3) is 0 Å². The zero-order valence-corrected chi connectivity index (χ0v) is 13.9. The molecule has 2 heterocycles. The fraction of sp³-hybridized carbons (Fsp3) is 0.263. The highest BCUT2D eigenvalue weighted by Gasteiger charge is 2.11. The second-order valence-electron chi connectivity index (χ2n) is 5.55. The van der Waals surface area contributed by atoms with E-state index in [0.29, 0.717) is 25.6 Å². The molecule has 5 nitrogen and oxygen atoms in total. The number of aromatic nitrogens is 3. The smallest absolute Gasteiger partial charge is 0.151 e. The van der Waals surface area contributed by atoms with E-state index in [0.717, 1.165) is 28.1 Å². The summed E-state index contributed by atoms with van der Waals surface area (Å²) in [6, 6.07) is 11.9. The van der Waals surface area contributed by atoms with Crippen molar-refractivity contribution in [2.75, 3.05) is 18.9 Å². The number of ether oxygens (including phenoxy) is 1. The molecule has 1 aromatic carbocycles. The summed E-state index contributed by atoms with van der Waals surface area (Å²) in [6.45, 7) is 5.57. The molecule has 24 heavy (non-hydrogen) atoms. The molecule has 122 valence electrons. The third-order valence-corrected chi connectivity index (χ3v) is 3.72. The van der Waals surface area contributed by atoms with Crippen LogP contribution in [0.3, 0.4) is 0 Å². The molecule has 0 atom stereocenters. The molecular weight excluding hydrogens is 300 g/mol. The van der Waals surface area contributed by atoms with Crippen LogP contribution in [0.2, 0.25) is 0 Å². The third kappa shape index (κ3) is 3.55. The number of hydrogen-bond acceptors (Lipinski definition) is 4. The second-order valence-corrected chi connectivity index (χ2v) is 5.55. The quantitative estimate of drug-likeness (QED) is 0.593. The lowest BCUT2D eigenvalue weighted by molar-refractivity contribution is 0.158. The number of pyridine rings is 1. The number of imidazole rings is 1. The highest BCUT2D eigenvalue weighted by atomic mass is 16.5. The van der Waals surface area contributed by atoms with Gasteiger partial charge in [0, 0.05) is 17.8 Å². The molecule has 3 aromatic rings. The summed E-state index contributed by atoms with van der Waals surface area (Å²) >= 11 is 0. The van der Waals surface area contributed by atoms with E-state index in [2.05, 4.69) is 26.4 Å². The van der Waals surface area contributed by atoms with E-state index >= 15 is 0 Å². The molecule has 2 N–H and O–H groups in total. The van der Waals surface area contributed by atoms with Crippen molar-refractivity contribution in [2.24, 2.45) is 0 Å². The number of hydrogen-bond donors (Lipinski definition) is 1. The fourth-order valence-electron chi connectivity index (χ4n) is 2.61. The van der Waals surface area contributed by atoms with E-state index in [1.807, 2.05) is 50.2 Å². The Morgan fingerprint density at radius 3 is 2.75 bits per heavy atom. The topological polar surface area (TPSA) is 66.0 Å². The maximum absolute atomic E-state index is 5.95. The van der Waals surface area contributed by atoms with Crippen molar-refractivity contribution in [1.82, 2.24) is 14.5 Å². The Labute approximate surface area is 141 Å². The molecule has 0 amide bonds. The van der Waals surface area contributed by atoms with E-state index in [-0.39, 0.29) is 0 Å². The standard InChI is InChI=1S/C19H20N4O/c1-14-13-17-18(19(20)21-14)22-15(2)23(17)10-12-24-11-6-9-16-7-4-3-5-8-16/h3-5,7-8,13H,10-12H2,1-2H3,(H2,20,21). The molecular formula is C19H20N4O. The van der Waals surface area contributed by atoms with Crippen molar-refractivity contribution in [3.63, 3.8) is 0 Å². The molecule has 0 radical (unpaired) electrons. The molecule has 0 spiro atoms. The number of rotatable bonds is 4. The van der Waals surface area contributed by atoms with Gasteiger partial charge in [-0.15, -0.1) is 0 Å². The molecule has 5 heteroatoms. The van der Waals surface area contributed by atoms with Crippen LogP contribution in [0.25, 0.3) is 11.0 Å². The summed E-state index contributed by atoms with van der Waals surface area (Å²) in [4.78, 5) is 8.76. The van der Waals surface area contributed by atoms with Gasteiger partial charge in [0.2, 0.25) is 0 Å². The minimum atomic E-state index is 0.406. The summed E-state index contributed by atoms with van der Waals surface area (Å²) in [5, 5.41) is 0. The van der Waals surface area contributed by atoms with Gasteiger partial charge in [-0.05, 0) is 32.0 Å². The van der Waals surface area contributed by atoms with Gasteiger partial charge in [0.15, 0.2) is 5.82 Å². The van der Waals surface area contributed by atoms with Gasteiger partial charge in [0.1, 0.15) is 17.9 Å². The number of anilines is 1. The predicted octanol–water partition coefficient (Wildman–Crippen LogP) is 2.70. The van der Waals surface area contributed by atoms with Gasteiger partial charge >= 0.3 is 0 Å². The van der Waals surface area contributed by atoms with E-state index in [1.54, 1.807) is 0 Å². The Hall–Kier alpha value is -2.84. The highest BCUT2D eigenvalue weighted by molar-refractivity contribution is 5.85. The largest absolute Gasteiger partial charge is 0.382 e. The first-order valence-corrected chi connectivity index (χ1v) is 7.87. The Kier molecular flexibility index (Phi) is 4.78. The van der Waals surface area contributed by atoms with Crippen LogP contribution < -0.4 is 5.73 Å². The van der Waals surface area contributed by atoms with Crippen molar-refractivity contribution in [1.29, 1.82) is 0 Å². The van der Waals surface area contributed by atoms with Crippen molar-refractivity contribution < 1.29 is 4.74 Å². The molecule has 0 aliphatic rings. The molecule has 0 unspecified atom stereocenters. The molecule has 0 saturated heterocycles. The lowest BCUT2D eigenvalue weighted by Crippen LogP contribution is -2.08. The van der Waals surface area contributed by atoms with Gasteiger partial charge in [-0.2, -0.15) is 0 Å². The second kappa shape index (κ2) is 7.16. The zero-order valence-electron chi connectivity index (χ0n) is 13.9. The molecule has 3 rings (SSSR count). The van der Waals surface area contributed by atoms with E-state index in [1.165, 1.54) is 0 Å². The van der Waals surface area contributed by atoms with E-state index < -0.39 is 0 Å². The van der Waals surface area contributed by atoms with E-state index in [9.17, 15) is 0 Å². The minimum absolute atomic E-state index is 0.406. The van der Waals surface area contributed by atoms with Crippen LogP contribution in [-0.2, 0) is 11.3 Å². The zero-order chi connectivity index (χ0) is 16.9. The monoisotopic (exact) mass is 320 g/mol. The number of nitrogens with two attached hydrogens (primary N) is 1. The third-order valence-electron chi connectivity index (χ3n) is 3.72. The van der Waals surface area contributed by atoms with Crippen LogP contribution in [0.4, 0.5) is 5.82 Å². The van der Waals surface area contributed by atoms with Crippen LogP contribution in [0.5, 0.6) is 0 Å². The first-order chi connectivity index (χ1) is 11.6. The van der Waals surface area contributed by atoms with Crippen LogP contribution in [0.1, 0.15) is 17.1 Å². The first-order valence-electron chi connectivity index (χ1n) is 7.87. The lowest BCUT2D eigenvalue weighted by atomic mass is 10.2. The summed E-state index contributed by atoms with van der Waals surface area (Å²) in [7, 11) is 0. The average molecular weight is 320 g/mol. The molecule has 0 bridgehead atoms. The number of aryl methyl sites for hydroxylation is 2. The van der Waals surface area contributed by atoms with Crippen LogP contribution in [0.15, 0.2) is 36.4 Å². The normalized spacial score (nSPS) is 10.6. The first kappa shape index (κ1) is 16.0. The van der Waals surface area contributed by atoms with Gasteiger partial charge in [-0.1, -0.05) is 30.0 Å². The van der Waals surface area contributed by atoms with Crippen molar-refractivity contribution >= 4 is 16.9 Å². The lowest BCUT2D eigenvalue weighted by Gasteiger charge is -2.07. The Morgan fingerprint density at radius 2 is 1.96 bits per heavy atom. The maximum atomic E-state index is 5.95. The van der Waals surface area contributed by atoms with Crippen LogP contribution in [0, 0.1) is 25.7 Å². The minimum Gasteiger partial charge on any atom is -0.382 e. The molecule has 2 aromatic heterocycles. The highest BCUT2D eigenvalue weighted by Crippen LogP contribution is 2.21. The number of benzene rings is 1. The summed E-state index contributed by atoms with van der Waals surface area (Å²) in [5.41, 5.74) is 9.58.